The third kappa shape index (κ3) is 3.84. The minimum absolute atomic E-state index is 0.0156. The molecular weight excluding hydrogens is 258 g/mol. The molecule has 6 heteroatoms. The van der Waals surface area contributed by atoms with E-state index < -0.39 is 0 Å². The summed E-state index contributed by atoms with van der Waals surface area (Å²) in [7, 11) is 0. The van der Waals surface area contributed by atoms with E-state index in [0.29, 0.717) is 12.6 Å². The van der Waals surface area contributed by atoms with Gasteiger partial charge in [0.1, 0.15) is 0 Å². The minimum Gasteiger partial charge on any atom is -0.409 e. The summed E-state index contributed by atoms with van der Waals surface area (Å²) in [5.41, 5.74) is 5.67. The summed E-state index contributed by atoms with van der Waals surface area (Å²) < 4.78 is 11.5. The fourth-order valence-electron chi connectivity index (χ4n) is 3.32. The first-order chi connectivity index (χ1) is 9.69. The maximum atomic E-state index is 8.79. The van der Waals surface area contributed by atoms with E-state index in [1.54, 1.807) is 0 Å². The van der Waals surface area contributed by atoms with Crippen molar-refractivity contribution in [3.8, 4) is 0 Å². The lowest BCUT2D eigenvalue weighted by atomic mass is 9.83. The first-order valence-electron chi connectivity index (χ1n) is 7.61. The molecule has 3 N–H and O–H groups in total. The van der Waals surface area contributed by atoms with Crippen molar-refractivity contribution >= 4 is 5.84 Å². The Labute approximate surface area is 120 Å². The molecule has 1 unspecified atom stereocenters. The molecule has 2 rings (SSSR count). The van der Waals surface area contributed by atoms with Gasteiger partial charge in [-0.3, -0.25) is 4.90 Å². The Bertz CT molecular complexity index is 324. The van der Waals surface area contributed by atoms with E-state index in [1.165, 1.54) is 0 Å². The van der Waals surface area contributed by atoms with Gasteiger partial charge >= 0.3 is 0 Å². The first kappa shape index (κ1) is 15.5. The van der Waals surface area contributed by atoms with Crippen molar-refractivity contribution in [2.45, 2.75) is 50.7 Å². The van der Waals surface area contributed by atoms with Crippen LogP contribution in [-0.2, 0) is 9.47 Å². The van der Waals surface area contributed by atoms with Crippen molar-refractivity contribution in [1.82, 2.24) is 4.90 Å². The van der Waals surface area contributed by atoms with Crippen LogP contribution in [0.25, 0.3) is 0 Å². The maximum Gasteiger partial charge on any atom is 0.153 e. The number of hydrogen-bond acceptors (Lipinski definition) is 5. The third-order valence-electron chi connectivity index (χ3n) is 4.39. The second-order valence-corrected chi connectivity index (χ2v) is 5.85. The number of rotatable bonds is 5. The molecule has 2 aliphatic heterocycles. The Morgan fingerprint density at radius 1 is 1.40 bits per heavy atom. The highest BCUT2D eigenvalue weighted by Gasteiger charge is 2.40. The fraction of sp³-hybridized carbons (Fsp3) is 0.929. The smallest absolute Gasteiger partial charge is 0.153 e. The topological polar surface area (TPSA) is 80.3 Å². The lowest BCUT2D eigenvalue weighted by Gasteiger charge is -2.46. The fourth-order valence-corrected chi connectivity index (χ4v) is 3.32. The molecule has 0 amide bonds. The normalized spacial score (nSPS) is 27.1. The monoisotopic (exact) mass is 285 g/mol. The highest BCUT2D eigenvalue weighted by Crippen LogP contribution is 2.36. The third-order valence-corrected chi connectivity index (χ3v) is 4.39. The molecule has 20 heavy (non-hydrogen) atoms. The molecule has 1 atom stereocenters. The zero-order valence-corrected chi connectivity index (χ0v) is 12.4. The van der Waals surface area contributed by atoms with E-state index in [1.807, 2.05) is 0 Å². The van der Waals surface area contributed by atoms with Gasteiger partial charge in [-0.25, -0.2) is 0 Å². The van der Waals surface area contributed by atoms with Gasteiger partial charge in [0.25, 0.3) is 0 Å². The number of amidine groups is 1. The molecule has 0 aromatic rings. The second-order valence-electron chi connectivity index (χ2n) is 5.85. The average molecular weight is 285 g/mol. The maximum absolute atomic E-state index is 8.79. The second kappa shape index (κ2) is 7.24. The van der Waals surface area contributed by atoms with E-state index in [0.717, 1.165) is 58.5 Å². The first-order valence-corrected chi connectivity index (χ1v) is 7.61. The predicted octanol–water partition coefficient (Wildman–Crippen LogP) is 1.17. The molecule has 2 fully saturated rings. The van der Waals surface area contributed by atoms with Crippen LogP contribution in [0, 0.1) is 0 Å². The van der Waals surface area contributed by atoms with E-state index in [9.17, 15) is 0 Å². The van der Waals surface area contributed by atoms with Crippen molar-refractivity contribution < 1.29 is 14.7 Å². The van der Waals surface area contributed by atoms with Gasteiger partial charge < -0.3 is 20.4 Å². The van der Waals surface area contributed by atoms with Crippen LogP contribution >= 0.6 is 0 Å². The summed E-state index contributed by atoms with van der Waals surface area (Å²) in [6.07, 6.45) is 5.06. The van der Waals surface area contributed by atoms with Crippen LogP contribution in [0.4, 0.5) is 0 Å². The van der Waals surface area contributed by atoms with Gasteiger partial charge in [0.2, 0.25) is 0 Å². The van der Waals surface area contributed by atoms with Crippen LogP contribution in [-0.4, -0.2) is 60.5 Å². The molecule has 116 valence electrons. The van der Waals surface area contributed by atoms with E-state index >= 15 is 0 Å². The van der Waals surface area contributed by atoms with Gasteiger partial charge in [-0.15, -0.1) is 0 Å². The van der Waals surface area contributed by atoms with Crippen LogP contribution in [0.1, 0.15) is 39.0 Å². The van der Waals surface area contributed by atoms with Crippen molar-refractivity contribution in [3.05, 3.63) is 0 Å². The molecule has 1 spiro atoms. The Balaban J connectivity index is 2.00. The molecule has 2 heterocycles. The quantitative estimate of drug-likeness (QED) is 0.343. The van der Waals surface area contributed by atoms with Crippen molar-refractivity contribution in [1.29, 1.82) is 0 Å². The molecule has 0 aliphatic carbocycles. The molecular formula is C14H27N3O3. The van der Waals surface area contributed by atoms with Crippen LogP contribution in [0.5, 0.6) is 0 Å². The Hall–Kier alpha value is -0.850. The molecule has 0 radical (unpaired) electrons. The SMILES string of the molecule is CCCN(CC(N)=NO)C1CCOC2(CCOCC2)C1. The number of oxime groups is 1. The Morgan fingerprint density at radius 3 is 2.80 bits per heavy atom. The van der Waals surface area contributed by atoms with Crippen LogP contribution in [0.3, 0.4) is 0 Å². The molecule has 2 aliphatic rings. The summed E-state index contributed by atoms with van der Waals surface area (Å²) in [5, 5.41) is 11.9. The molecule has 0 bridgehead atoms. The zero-order chi connectivity index (χ0) is 14.4. The summed E-state index contributed by atoms with van der Waals surface area (Å²) in [6, 6.07) is 0.446. The van der Waals surface area contributed by atoms with Crippen LogP contribution in [0.15, 0.2) is 5.16 Å². The van der Waals surface area contributed by atoms with Crippen LogP contribution in [0.2, 0.25) is 0 Å². The van der Waals surface area contributed by atoms with Gasteiger partial charge in [-0.1, -0.05) is 12.1 Å². The molecule has 2 saturated heterocycles. The summed E-state index contributed by atoms with van der Waals surface area (Å²) in [6.45, 7) is 6.03. The van der Waals surface area contributed by atoms with Crippen molar-refractivity contribution in [2.24, 2.45) is 10.9 Å². The summed E-state index contributed by atoms with van der Waals surface area (Å²) in [4.78, 5) is 2.33. The Kier molecular flexibility index (Phi) is 5.63. The van der Waals surface area contributed by atoms with Crippen LogP contribution < -0.4 is 5.73 Å². The lowest BCUT2D eigenvalue weighted by molar-refractivity contribution is -0.150. The number of nitrogens with two attached hydrogens (primary N) is 1. The number of hydrogen-bond donors (Lipinski definition) is 2. The molecule has 0 aromatic carbocycles. The molecule has 6 nitrogen and oxygen atoms in total. The van der Waals surface area contributed by atoms with Crippen molar-refractivity contribution in [3.63, 3.8) is 0 Å². The van der Waals surface area contributed by atoms with E-state index in [4.69, 9.17) is 20.4 Å². The summed E-state index contributed by atoms with van der Waals surface area (Å²) in [5.74, 6) is 0.283. The van der Waals surface area contributed by atoms with Gasteiger partial charge in [-0.05, 0) is 38.6 Å². The zero-order valence-electron chi connectivity index (χ0n) is 12.4. The largest absolute Gasteiger partial charge is 0.409 e. The minimum atomic E-state index is -0.0156. The Morgan fingerprint density at radius 2 is 2.15 bits per heavy atom. The molecule has 0 aromatic heterocycles. The molecule has 0 saturated carbocycles. The van der Waals surface area contributed by atoms with E-state index in [-0.39, 0.29) is 11.4 Å². The van der Waals surface area contributed by atoms with Gasteiger partial charge in [0.05, 0.1) is 12.1 Å². The van der Waals surface area contributed by atoms with Crippen molar-refractivity contribution in [2.75, 3.05) is 32.9 Å². The van der Waals surface area contributed by atoms with Gasteiger partial charge in [0, 0.05) is 25.9 Å². The predicted molar refractivity (Wildman–Crippen MR) is 77.0 cm³/mol. The lowest BCUT2D eigenvalue weighted by Crippen LogP contribution is -2.52. The summed E-state index contributed by atoms with van der Waals surface area (Å²) >= 11 is 0. The van der Waals surface area contributed by atoms with Gasteiger partial charge in [-0.2, -0.15) is 0 Å². The highest BCUT2D eigenvalue weighted by atomic mass is 16.5. The highest BCUT2D eigenvalue weighted by molar-refractivity contribution is 5.81. The van der Waals surface area contributed by atoms with E-state index in [2.05, 4.69) is 17.0 Å². The standard InChI is InChI=1S/C14H27N3O3/c1-2-6-17(11-13(15)16-18)12-3-7-20-14(10-12)4-8-19-9-5-14/h12,18H,2-11H2,1H3,(H2,15,16). The average Bonchev–Trinajstić information content (AvgIpc) is 2.47. The number of ether oxygens (including phenoxy) is 2. The van der Waals surface area contributed by atoms with Gasteiger partial charge in [0.15, 0.2) is 5.84 Å². The number of nitrogens with zero attached hydrogens (tertiary/aromatic N) is 2.